The van der Waals surface area contributed by atoms with Crippen molar-refractivity contribution < 1.29 is 0 Å². The van der Waals surface area contributed by atoms with Crippen LogP contribution in [0.3, 0.4) is 0 Å². The quantitative estimate of drug-likeness (QED) is 0.778. The Morgan fingerprint density at radius 3 is 2.87 bits per heavy atom. The Hall–Kier alpha value is -2.54. The zero-order chi connectivity index (χ0) is 16.4. The average Bonchev–Trinajstić information content (AvgIpc) is 2.97. The Morgan fingerprint density at radius 1 is 1.30 bits per heavy atom. The number of anilines is 1. The first-order valence-electron chi connectivity index (χ1n) is 7.57. The summed E-state index contributed by atoms with van der Waals surface area (Å²) in [6.45, 7) is 5.83. The topological polar surface area (TPSA) is 71.2 Å². The summed E-state index contributed by atoms with van der Waals surface area (Å²) in [6.07, 6.45) is 5.62. The van der Waals surface area contributed by atoms with Crippen LogP contribution in [0.1, 0.15) is 19.4 Å². The SMILES string of the molecule is CC(C)=Cc1cc2cnc(NCCN(C)C)nc2n2cnnc12. The summed E-state index contributed by atoms with van der Waals surface area (Å²) in [5.41, 5.74) is 3.83. The molecule has 23 heavy (non-hydrogen) atoms. The lowest BCUT2D eigenvalue weighted by molar-refractivity contribution is 0.425. The highest BCUT2D eigenvalue weighted by molar-refractivity contribution is 5.84. The summed E-state index contributed by atoms with van der Waals surface area (Å²) in [5, 5.41) is 12.5. The molecule has 3 heterocycles. The first-order chi connectivity index (χ1) is 11.0. The number of hydrogen-bond acceptors (Lipinski definition) is 6. The molecule has 0 aliphatic carbocycles. The van der Waals surface area contributed by atoms with E-state index in [0.717, 1.165) is 35.3 Å². The summed E-state index contributed by atoms with van der Waals surface area (Å²) in [7, 11) is 4.07. The minimum absolute atomic E-state index is 0.615. The van der Waals surface area contributed by atoms with Crippen molar-refractivity contribution in [1.29, 1.82) is 0 Å². The van der Waals surface area contributed by atoms with Gasteiger partial charge in [-0.1, -0.05) is 11.6 Å². The van der Waals surface area contributed by atoms with Crippen molar-refractivity contribution in [3.63, 3.8) is 0 Å². The van der Waals surface area contributed by atoms with Gasteiger partial charge in [-0.25, -0.2) is 4.98 Å². The Morgan fingerprint density at radius 2 is 2.13 bits per heavy atom. The Bertz CT molecular complexity index is 859. The molecule has 0 aliphatic rings. The van der Waals surface area contributed by atoms with Gasteiger partial charge >= 0.3 is 0 Å². The highest BCUT2D eigenvalue weighted by Crippen LogP contribution is 2.21. The number of hydrogen-bond donors (Lipinski definition) is 1. The summed E-state index contributed by atoms with van der Waals surface area (Å²) in [4.78, 5) is 11.1. The number of pyridine rings is 1. The van der Waals surface area contributed by atoms with Crippen LogP contribution in [0.25, 0.3) is 22.8 Å². The van der Waals surface area contributed by atoms with E-state index in [1.807, 2.05) is 24.7 Å². The van der Waals surface area contributed by atoms with Crippen molar-refractivity contribution in [2.75, 3.05) is 32.5 Å². The van der Waals surface area contributed by atoms with Gasteiger partial charge in [-0.3, -0.25) is 4.40 Å². The van der Waals surface area contributed by atoms with Crippen LogP contribution in [0.15, 0.2) is 24.2 Å². The van der Waals surface area contributed by atoms with E-state index in [9.17, 15) is 0 Å². The molecule has 0 aromatic carbocycles. The van der Waals surface area contributed by atoms with Crippen LogP contribution < -0.4 is 5.32 Å². The van der Waals surface area contributed by atoms with E-state index in [4.69, 9.17) is 0 Å². The van der Waals surface area contributed by atoms with Gasteiger partial charge in [-0.15, -0.1) is 10.2 Å². The van der Waals surface area contributed by atoms with E-state index >= 15 is 0 Å². The molecule has 0 atom stereocenters. The van der Waals surface area contributed by atoms with Crippen molar-refractivity contribution in [3.05, 3.63) is 29.7 Å². The van der Waals surface area contributed by atoms with Gasteiger partial charge < -0.3 is 10.2 Å². The fourth-order valence-electron chi connectivity index (χ4n) is 2.39. The molecule has 7 heteroatoms. The Balaban J connectivity index is 2.04. The van der Waals surface area contributed by atoms with E-state index in [0.29, 0.717) is 5.95 Å². The molecule has 0 spiro atoms. The third-order valence-electron chi connectivity index (χ3n) is 3.43. The lowest BCUT2D eigenvalue weighted by Crippen LogP contribution is -2.21. The third kappa shape index (κ3) is 3.29. The minimum Gasteiger partial charge on any atom is -0.353 e. The molecule has 120 valence electrons. The standard InChI is InChI=1S/C16H21N7/c1-11(2)7-12-8-13-9-18-16(17-5-6-22(3)4)20-14(13)23-10-19-21-15(12)23/h7-10H,5-6H2,1-4H3,(H,17,18,20). The predicted molar refractivity (Wildman–Crippen MR) is 92.5 cm³/mol. The van der Waals surface area contributed by atoms with E-state index in [2.05, 4.69) is 56.4 Å². The van der Waals surface area contributed by atoms with E-state index < -0.39 is 0 Å². The molecule has 0 unspecified atom stereocenters. The largest absolute Gasteiger partial charge is 0.353 e. The Kier molecular flexibility index (Phi) is 4.20. The van der Waals surface area contributed by atoms with Gasteiger partial charge in [0, 0.05) is 30.2 Å². The maximum Gasteiger partial charge on any atom is 0.224 e. The van der Waals surface area contributed by atoms with E-state index in [1.165, 1.54) is 5.57 Å². The van der Waals surface area contributed by atoms with Gasteiger partial charge in [0.15, 0.2) is 11.3 Å². The molecule has 3 rings (SSSR count). The van der Waals surface area contributed by atoms with Gasteiger partial charge in [0.25, 0.3) is 0 Å². The number of aromatic nitrogens is 5. The number of fused-ring (bicyclic) bond motifs is 3. The summed E-state index contributed by atoms with van der Waals surface area (Å²) >= 11 is 0. The molecular formula is C16H21N7. The molecule has 0 amide bonds. The fourth-order valence-corrected chi connectivity index (χ4v) is 2.39. The third-order valence-corrected chi connectivity index (χ3v) is 3.43. The van der Waals surface area contributed by atoms with E-state index in [-0.39, 0.29) is 0 Å². The molecule has 0 saturated heterocycles. The van der Waals surface area contributed by atoms with Crippen molar-refractivity contribution >= 4 is 28.7 Å². The summed E-state index contributed by atoms with van der Waals surface area (Å²) < 4.78 is 1.91. The van der Waals surface area contributed by atoms with Crippen LogP contribution in [0.5, 0.6) is 0 Å². The van der Waals surface area contributed by atoms with Crippen LogP contribution in [0.4, 0.5) is 5.95 Å². The number of nitrogens with zero attached hydrogens (tertiary/aromatic N) is 6. The number of allylic oxidation sites excluding steroid dienone is 1. The molecule has 0 aliphatic heterocycles. The molecule has 3 aromatic heterocycles. The van der Waals surface area contributed by atoms with Gasteiger partial charge in [0.05, 0.1) is 0 Å². The van der Waals surface area contributed by atoms with Crippen LogP contribution >= 0.6 is 0 Å². The zero-order valence-corrected chi connectivity index (χ0v) is 13.9. The van der Waals surface area contributed by atoms with Gasteiger partial charge in [-0.05, 0) is 34.0 Å². The number of nitrogens with one attached hydrogen (secondary N) is 1. The fraction of sp³-hybridized carbons (Fsp3) is 0.375. The van der Waals surface area contributed by atoms with Gasteiger partial charge in [0.2, 0.25) is 5.95 Å². The zero-order valence-electron chi connectivity index (χ0n) is 13.9. The second-order valence-electron chi connectivity index (χ2n) is 6.05. The van der Waals surface area contributed by atoms with Crippen molar-refractivity contribution in [1.82, 2.24) is 29.5 Å². The summed E-state index contributed by atoms with van der Waals surface area (Å²) in [6, 6.07) is 2.05. The molecular weight excluding hydrogens is 290 g/mol. The average molecular weight is 311 g/mol. The van der Waals surface area contributed by atoms with Crippen LogP contribution in [-0.4, -0.2) is 56.7 Å². The first-order valence-corrected chi connectivity index (χ1v) is 7.57. The molecule has 0 saturated carbocycles. The van der Waals surface area contributed by atoms with Crippen molar-refractivity contribution in [2.24, 2.45) is 0 Å². The minimum atomic E-state index is 0.615. The highest BCUT2D eigenvalue weighted by Gasteiger charge is 2.09. The van der Waals surface area contributed by atoms with Gasteiger partial charge in [0.1, 0.15) is 6.33 Å². The Labute approximate surface area is 135 Å². The smallest absolute Gasteiger partial charge is 0.224 e. The maximum absolute atomic E-state index is 4.61. The van der Waals surface area contributed by atoms with Crippen LogP contribution in [0, 0.1) is 0 Å². The van der Waals surface area contributed by atoms with Crippen molar-refractivity contribution in [2.45, 2.75) is 13.8 Å². The van der Waals surface area contributed by atoms with E-state index in [1.54, 1.807) is 6.33 Å². The van der Waals surface area contributed by atoms with Crippen molar-refractivity contribution in [3.8, 4) is 0 Å². The number of rotatable bonds is 5. The summed E-state index contributed by atoms with van der Waals surface area (Å²) in [5.74, 6) is 0.615. The highest BCUT2D eigenvalue weighted by atomic mass is 15.2. The maximum atomic E-state index is 4.61. The second kappa shape index (κ2) is 6.29. The molecule has 1 N–H and O–H groups in total. The normalized spacial score (nSPS) is 11.3. The predicted octanol–water partition coefficient (Wildman–Crippen LogP) is 2.07. The van der Waals surface area contributed by atoms with Crippen LogP contribution in [-0.2, 0) is 0 Å². The molecule has 0 bridgehead atoms. The van der Waals surface area contributed by atoms with Crippen LogP contribution in [0.2, 0.25) is 0 Å². The first kappa shape index (κ1) is 15.4. The molecule has 0 fully saturated rings. The lowest BCUT2D eigenvalue weighted by Gasteiger charge is -2.11. The second-order valence-corrected chi connectivity index (χ2v) is 6.05. The molecule has 3 aromatic rings. The lowest BCUT2D eigenvalue weighted by atomic mass is 10.1. The number of likely N-dealkylation sites (N-methyl/N-ethyl adjacent to an activating group) is 1. The molecule has 0 radical (unpaired) electrons. The van der Waals surface area contributed by atoms with Gasteiger partial charge in [-0.2, -0.15) is 4.98 Å². The monoisotopic (exact) mass is 311 g/mol. The molecule has 7 nitrogen and oxygen atoms in total.